The third-order valence-electron chi connectivity index (χ3n) is 4.02. The zero-order valence-corrected chi connectivity index (χ0v) is 13.7. The van der Waals surface area contributed by atoms with E-state index in [9.17, 15) is 4.79 Å². The number of nitrogens with zero attached hydrogens (tertiary/aromatic N) is 1. The molecule has 0 bridgehead atoms. The maximum absolute atomic E-state index is 12.1. The number of carbonyl (C=O) groups excluding carboxylic acids is 1. The van der Waals surface area contributed by atoms with Gasteiger partial charge < -0.3 is 0 Å². The topological polar surface area (TPSA) is 41.5 Å². The van der Waals surface area contributed by atoms with E-state index in [2.05, 4.69) is 41.7 Å². The Bertz CT molecular complexity index is 861. The van der Waals surface area contributed by atoms with Gasteiger partial charge in [0.15, 0.2) is 0 Å². The van der Waals surface area contributed by atoms with Crippen LogP contribution in [0, 0.1) is 0 Å². The predicted molar refractivity (Wildman–Crippen MR) is 99.2 cm³/mol. The second-order valence-electron chi connectivity index (χ2n) is 5.70. The third kappa shape index (κ3) is 3.87. The minimum Gasteiger partial charge on any atom is -0.273 e. The molecule has 0 spiro atoms. The summed E-state index contributed by atoms with van der Waals surface area (Å²) >= 11 is 0. The van der Waals surface area contributed by atoms with Crippen LogP contribution in [0.1, 0.15) is 23.6 Å². The first-order chi connectivity index (χ1) is 11.8. The number of hydrogen-bond donors (Lipinski definition) is 1. The summed E-state index contributed by atoms with van der Waals surface area (Å²) in [6.07, 6.45) is 2.99. The van der Waals surface area contributed by atoms with Gasteiger partial charge in [0, 0.05) is 0 Å². The van der Waals surface area contributed by atoms with E-state index in [1.165, 1.54) is 5.56 Å². The predicted octanol–water partition coefficient (Wildman–Crippen LogP) is 4.10. The monoisotopic (exact) mass is 316 g/mol. The van der Waals surface area contributed by atoms with Crippen molar-refractivity contribution in [3.05, 3.63) is 83.4 Å². The Morgan fingerprint density at radius 3 is 2.54 bits per heavy atom. The minimum absolute atomic E-state index is 0.118. The Balaban J connectivity index is 1.63. The highest BCUT2D eigenvalue weighted by Crippen LogP contribution is 2.18. The summed E-state index contributed by atoms with van der Waals surface area (Å²) in [7, 11) is 0. The van der Waals surface area contributed by atoms with Gasteiger partial charge in [-0.2, -0.15) is 5.10 Å². The number of fused-ring (bicyclic) bond motifs is 1. The lowest BCUT2D eigenvalue weighted by molar-refractivity contribution is -0.120. The van der Waals surface area contributed by atoms with E-state index in [-0.39, 0.29) is 5.91 Å². The molecule has 0 saturated carbocycles. The lowest BCUT2D eigenvalue weighted by Crippen LogP contribution is -2.19. The van der Waals surface area contributed by atoms with Gasteiger partial charge in [0.25, 0.3) is 0 Å². The first-order valence-electron chi connectivity index (χ1n) is 8.14. The Morgan fingerprint density at radius 1 is 1.00 bits per heavy atom. The van der Waals surface area contributed by atoms with E-state index >= 15 is 0 Å². The van der Waals surface area contributed by atoms with E-state index in [0.717, 1.165) is 28.3 Å². The molecule has 0 atom stereocenters. The van der Waals surface area contributed by atoms with Crippen molar-refractivity contribution in [2.45, 2.75) is 19.8 Å². The molecular formula is C21H20N2O. The molecule has 3 nitrogen and oxygen atoms in total. The van der Waals surface area contributed by atoms with Crippen LogP contribution in [0.3, 0.4) is 0 Å². The van der Waals surface area contributed by atoms with Crippen LogP contribution in [0.15, 0.2) is 71.8 Å². The number of hydrogen-bond acceptors (Lipinski definition) is 2. The van der Waals surface area contributed by atoms with Crippen LogP contribution in [0.4, 0.5) is 0 Å². The van der Waals surface area contributed by atoms with Gasteiger partial charge in [0.05, 0.1) is 12.6 Å². The highest BCUT2D eigenvalue weighted by atomic mass is 16.2. The molecule has 120 valence electrons. The van der Waals surface area contributed by atoms with Gasteiger partial charge in [-0.05, 0) is 33.9 Å². The highest BCUT2D eigenvalue weighted by molar-refractivity contribution is 5.90. The Labute approximate surface area is 142 Å². The van der Waals surface area contributed by atoms with Gasteiger partial charge in [-0.25, -0.2) is 5.43 Å². The number of carbonyl (C=O) groups is 1. The van der Waals surface area contributed by atoms with Crippen LogP contribution in [0.5, 0.6) is 0 Å². The number of aryl methyl sites for hydroxylation is 1. The first-order valence-corrected chi connectivity index (χ1v) is 8.14. The standard InChI is InChI=1S/C21H20N2O/c1-2-16-10-12-17(13-11-16)15-22-23-21(24)14-19-8-5-7-18-6-3-4-9-20(18)19/h3-13,15H,2,14H2,1H3,(H,23,24)/b22-15-. The molecule has 0 heterocycles. The molecule has 0 aliphatic heterocycles. The molecule has 0 saturated heterocycles. The fourth-order valence-electron chi connectivity index (χ4n) is 2.68. The van der Waals surface area contributed by atoms with E-state index in [0.29, 0.717) is 6.42 Å². The lowest BCUT2D eigenvalue weighted by Gasteiger charge is -2.05. The quantitative estimate of drug-likeness (QED) is 0.559. The summed E-state index contributed by atoms with van der Waals surface area (Å²) in [5, 5.41) is 6.30. The summed E-state index contributed by atoms with van der Waals surface area (Å²) in [5.74, 6) is -0.118. The van der Waals surface area contributed by atoms with Crippen LogP contribution in [-0.4, -0.2) is 12.1 Å². The van der Waals surface area contributed by atoms with Gasteiger partial charge >= 0.3 is 0 Å². The molecule has 3 aromatic carbocycles. The smallest absolute Gasteiger partial charge is 0.244 e. The summed E-state index contributed by atoms with van der Waals surface area (Å²) in [4.78, 5) is 12.1. The fourth-order valence-corrected chi connectivity index (χ4v) is 2.68. The van der Waals surface area contributed by atoms with Gasteiger partial charge in [-0.15, -0.1) is 0 Å². The van der Waals surface area contributed by atoms with Crippen molar-refractivity contribution < 1.29 is 4.79 Å². The second-order valence-corrected chi connectivity index (χ2v) is 5.70. The maximum Gasteiger partial charge on any atom is 0.244 e. The SMILES string of the molecule is CCc1ccc(/C=N\NC(=O)Cc2cccc3ccccc23)cc1. The number of nitrogens with one attached hydrogen (secondary N) is 1. The number of rotatable bonds is 5. The van der Waals surface area contributed by atoms with E-state index in [1.54, 1.807) is 6.21 Å². The lowest BCUT2D eigenvalue weighted by atomic mass is 10.0. The van der Waals surface area contributed by atoms with Gasteiger partial charge in [-0.3, -0.25) is 4.79 Å². The molecule has 3 rings (SSSR count). The molecule has 0 aromatic heterocycles. The number of benzene rings is 3. The third-order valence-corrected chi connectivity index (χ3v) is 4.02. The van der Waals surface area contributed by atoms with Crippen molar-refractivity contribution in [3.8, 4) is 0 Å². The Morgan fingerprint density at radius 2 is 1.75 bits per heavy atom. The molecule has 24 heavy (non-hydrogen) atoms. The van der Waals surface area contributed by atoms with Gasteiger partial charge in [0.1, 0.15) is 0 Å². The van der Waals surface area contributed by atoms with Crippen LogP contribution in [0.2, 0.25) is 0 Å². The molecule has 1 N–H and O–H groups in total. The molecule has 3 heteroatoms. The zero-order valence-electron chi connectivity index (χ0n) is 13.7. The summed E-state index contributed by atoms with van der Waals surface area (Å²) < 4.78 is 0. The maximum atomic E-state index is 12.1. The summed E-state index contributed by atoms with van der Waals surface area (Å²) in [5.41, 5.74) is 5.87. The Kier molecular flexibility index (Phi) is 5.02. The van der Waals surface area contributed by atoms with Crippen LogP contribution in [-0.2, 0) is 17.6 Å². The zero-order chi connectivity index (χ0) is 16.8. The van der Waals surface area contributed by atoms with Gasteiger partial charge in [0.2, 0.25) is 5.91 Å². The largest absolute Gasteiger partial charge is 0.273 e. The van der Waals surface area contributed by atoms with Gasteiger partial charge in [-0.1, -0.05) is 73.7 Å². The molecule has 1 amide bonds. The molecule has 0 fully saturated rings. The molecule has 0 unspecified atom stereocenters. The van der Waals surface area contributed by atoms with Crippen molar-refractivity contribution in [2.24, 2.45) is 5.10 Å². The average molecular weight is 316 g/mol. The summed E-state index contributed by atoms with van der Waals surface area (Å²) in [6, 6.07) is 22.2. The second kappa shape index (κ2) is 7.55. The summed E-state index contributed by atoms with van der Waals surface area (Å²) in [6.45, 7) is 2.12. The molecule has 0 aliphatic rings. The Hall–Kier alpha value is -2.94. The van der Waals surface area contributed by atoms with E-state index < -0.39 is 0 Å². The van der Waals surface area contributed by atoms with Crippen molar-refractivity contribution in [3.63, 3.8) is 0 Å². The van der Waals surface area contributed by atoms with Crippen LogP contribution in [0.25, 0.3) is 10.8 Å². The van der Waals surface area contributed by atoms with Crippen LogP contribution < -0.4 is 5.43 Å². The first kappa shape index (κ1) is 15.9. The average Bonchev–Trinajstić information content (AvgIpc) is 2.63. The fraction of sp³-hybridized carbons (Fsp3) is 0.143. The van der Waals surface area contributed by atoms with E-state index in [4.69, 9.17) is 0 Å². The normalized spacial score (nSPS) is 11.0. The van der Waals surface area contributed by atoms with Crippen LogP contribution >= 0.6 is 0 Å². The number of amides is 1. The molecule has 0 radical (unpaired) electrons. The van der Waals surface area contributed by atoms with Crippen molar-refractivity contribution in [1.29, 1.82) is 0 Å². The highest BCUT2D eigenvalue weighted by Gasteiger charge is 2.05. The molecule has 0 aliphatic carbocycles. The van der Waals surface area contributed by atoms with Crippen molar-refractivity contribution >= 4 is 22.9 Å². The molecular weight excluding hydrogens is 296 g/mol. The number of hydrazone groups is 1. The van der Waals surface area contributed by atoms with Crippen molar-refractivity contribution in [2.75, 3.05) is 0 Å². The molecule has 3 aromatic rings. The minimum atomic E-state index is -0.118. The van der Waals surface area contributed by atoms with Crippen molar-refractivity contribution in [1.82, 2.24) is 5.43 Å². The van der Waals surface area contributed by atoms with E-state index in [1.807, 2.05) is 42.5 Å².